The Labute approximate surface area is 194 Å². The third kappa shape index (κ3) is 3.00. The third-order valence-corrected chi connectivity index (χ3v) is 8.75. The van der Waals surface area contributed by atoms with Crippen molar-refractivity contribution in [2.24, 2.45) is 0 Å². The highest BCUT2D eigenvalue weighted by molar-refractivity contribution is 7.20. The summed E-state index contributed by atoms with van der Waals surface area (Å²) in [4.78, 5) is 6.71. The molecule has 32 heavy (non-hydrogen) atoms. The molecule has 0 N–H and O–H groups in total. The molecule has 0 bridgehead atoms. The number of benzene rings is 3. The molecule has 1 aliphatic rings. The largest absolute Gasteiger partial charge is 0.248 e. The van der Waals surface area contributed by atoms with Gasteiger partial charge in [-0.1, -0.05) is 43.2 Å². The van der Waals surface area contributed by atoms with Gasteiger partial charge in [0.2, 0.25) is 0 Å². The predicted octanol–water partition coefficient (Wildman–Crippen LogP) is 9.16. The fourth-order valence-electron chi connectivity index (χ4n) is 5.89. The number of aromatic nitrogens is 1. The topological polar surface area (TPSA) is 12.9 Å². The highest BCUT2D eigenvalue weighted by Crippen LogP contribution is 2.44. The minimum Gasteiger partial charge on any atom is -0.248 e. The number of thiophene rings is 1. The van der Waals surface area contributed by atoms with Gasteiger partial charge in [-0.05, 0) is 97.7 Å². The molecule has 5 aromatic rings. The van der Waals surface area contributed by atoms with Crippen molar-refractivity contribution in [1.29, 1.82) is 0 Å². The smallest absolute Gasteiger partial charge is 0.0719 e. The Hall–Kier alpha value is -2.71. The van der Waals surface area contributed by atoms with Crippen molar-refractivity contribution in [3.63, 3.8) is 0 Å². The molecule has 0 spiro atoms. The molecule has 2 aromatic heterocycles. The first kappa shape index (κ1) is 19.9. The van der Waals surface area contributed by atoms with Crippen molar-refractivity contribution in [2.45, 2.75) is 59.3 Å². The van der Waals surface area contributed by atoms with Crippen LogP contribution in [-0.4, -0.2) is 4.98 Å². The summed E-state index contributed by atoms with van der Waals surface area (Å²) >= 11 is 1.93. The first-order valence-corrected chi connectivity index (χ1v) is 12.7. The summed E-state index contributed by atoms with van der Waals surface area (Å²) in [5, 5.41) is 5.44. The fraction of sp³-hybridized carbons (Fsp3) is 0.300. The second kappa shape index (κ2) is 7.42. The molecule has 1 aliphatic carbocycles. The van der Waals surface area contributed by atoms with E-state index < -0.39 is 0 Å². The van der Waals surface area contributed by atoms with E-state index in [4.69, 9.17) is 4.98 Å². The molecule has 160 valence electrons. The van der Waals surface area contributed by atoms with Crippen LogP contribution < -0.4 is 0 Å². The number of hydrogen-bond acceptors (Lipinski definition) is 2. The Morgan fingerprint density at radius 2 is 1.66 bits per heavy atom. The summed E-state index contributed by atoms with van der Waals surface area (Å²) in [6, 6.07) is 18.2. The first-order valence-electron chi connectivity index (χ1n) is 11.8. The minimum atomic E-state index is 0.655. The van der Waals surface area contributed by atoms with Gasteiger partial charge in [0.15, 0.2) is 0 Å². The Balaban J connectivity index is 1.73. The van der Waals surface area contributed by atoms with E-state index in [1.54, 1.807) is 0 Å². The van der Waals surface area contributed by atoms with Crippen molar-refractivity contribution in [2.75, 3.05) is 0 Å². The molecular formula is C30H29NS. The van der Waals surface area contributed by atoms with E-state index in [9.17, 15) is 0 Å². The summed E-state index contributed by atoms with van der Waals surface area (Å²) < 4.78 is 1.40. The van der Waals surface area contributed by atoms with E-state index in [2.05, 4.69) is 76.2 Å². The second-order valence-corrected chi connectivity index (χ2v) is 10.9. The fourth-order valence-corrected chi connectivity index (χ4v) is 7.11. The van der Waals surface area contributed by atoms with Crippen molar-refractivity contribution >= 4 is 43.1 Å². The van der Waals surface area contributed by atoms with Gasteiger partial charge in [0.05, 0.1) is 11.2 Å². The zero-order valence-corrected chi connectivity index (χ0v) is 20.2. The number of fused-ring (bicyclic) bond motifs is 4. The highest BCUT2D eigenvalue weighted by atomic mass is 32.1. The average molecular weight is 436 g/mol. The number of pyridine rings is 1. The van der Waals surface area contributed by atoms with Crippen molar-refractivity contribution in [3.05, 3.63) is 75.7 Å². The van der Waals surface area contributed by atoms with Gasteiger partial charge >= 0.3 is 0 Å². The first-order chi connectivity index (χ1) is 15.5. The lowest BCUT2D eigenvalue weighted by molar-refractivity contribution is 0.728. The number of rotatable bonds is 2. The van der Waals surface area contributed by atoms with E-state index in [0.717, 1.165) is 11.2 Å². The quantitative estimate of drug-likeness (QED) is 0.269. The van der Waals surface area contributed by atoms with Gasteiger partial charge in [0, 0.05) is 25.9 Å². The van der Waals surface area contributed by atoms with Crippen LogP contribution in [0.15, 0.2) is 48.5 Å². The maximum absolute atomic E-state index is 5.31. The lowest BCUT2D eigenvalue weighted by Gasteiger charge is -2.18. The molecular weight excluding hydrogens is 406 g/mol. The second-order valence-electron chi connectivity index (χ2n) is 9.69. The maximum Gasteiger partial charge on any atom is 0.0719 e. The Morgan fingerprint density at radius 1 is 0.875 bits per heavy atom. The van der Waals surface area contributed by atoms with Crippen molar-refractivity contribution < 1.29 is 0 Å². The average Bonchev–Trinajstić information content (AvgIpc) is 3.41. The van der Waals surface area contributed by atoms with Gasteiger partial charge in [-0.25, -0.2) is 4.98 Å². The van der Waals surface area contributed by atoms with Gasteiger partial charge in [0.25, 0.3) is 0 Å². The van der Waals surface area contributed by atoms with E-state index in [1.165, 1.54) is 84.6 Å². The minimum absolute atomic E-state index is 0.655. The molecule has 1 fully saturated rings. The van der Waals surface area contributed by atoms with Crippen LogP contribution in [0, 0.1) is 27.7 Å². The summed E-state index contributed by atoms with van der Waals surface area (Å²) in [5.41, 5.74) is 9.17. The van der Waals surface area contributed by atoms with Gasteiger partial charge < -0.3 is 0 Å². The molecule has 0 atom stereocenters. The van der Waals surface area contributed by atoms with Crippen LogP contribution in [0.3, 0.4) is 0 Å². The molecule has 2 heterocycles. The molecule has 2 heteroatoms. The predicted molar refractivity (Wildman–Crippen MR) is 140 cm³/mol. The van der Waals surface area contributed by atoms with E-state index in [0.29, 0.717) is 5.92 Å². The number of hydrogen-bond donors (Lipinski definition) is 0. The van der Waals surface area contributed by atoms with Crippen LogP contribution in [0.25, 0.3) is 43.0 Å². The summed E-state index contributed by atoms with van der Waals surface area (Å²) in [5.74, 6) is 0.655. The molecule has 1 saturated carbocycles. The SMILES string of the molecule is Cc1cc(C)c2c(C3CCCC3)cc(-c3cc4ccccc4c4sc(C)c(C)c34)nc2c1. The van der Waals surface area contributed by atoms with Gasteiger partial charge in [-0.3, -0.25) is 0 Å². The van der Waals surface area contributed by atoms with E-state index >= 15 is 0 Å². The Morgan fingerprint density at radius 3 is 2.47 bits per heavy atom. The lowest BCUT2D eigenvalue weighted by atomic mass is 9.89. The standard InChI is InChI=1S/C30H29NS/c1-17-13-18(2)28-24(21-9-5-6-10-21)16-26(31-27(28)14-17)25-15-22-11-7-8-12-23(22)30-29(25)19(3)20(4)32-30/h7-8,11-16,21H,5-6,9-10H2,1-4H3. The van der Waals surface area contributed by atoms with Crippen LogP contribution >= 0.6 is 11.3 Å². The molecule has 1 nitrogen and oxygen atoms in total. The van der Waals surface area contributed by atoms with Crippen LogP contribution in [0.1, 0.15) is 58.7 Å². The summed E-state index contributed by atoms with van der Waals surface area (Å²) in [6.45, 7) is 8.98. The maximum atomic E-state index is 5.31. The number of aryl methyl sites for hydroxylation is 4. The zero-order chi connectivity index (χ0) is 22.0. The Kier molecular flexibility index (Phi) is 4.62. The lowest BCUT2D eigenvalue weighted by Crippen LogP contribution is -2.00. The Bertz CT molecular complexity index is 1520. The van der Waals surface area contributed by atoms with Crippen LogP contribution in [0.2, 0.25) is 0 Å². The van der Waals surface area contributed by atoms with E-state index in [-0.39, 0.29) is 0 Å². The normalized spacial score (nSPS) is 14.9. The summed E-state index contributed by atoms with van der Waals surface area (Å²) in [7, 11) is 0. The molecule has 0 aliphatic heterocycles. The molecule has 0 unspecified atom stereocenters. The third-order valence-electron chi connectivity index (χ3n) is 7.51. The molecule has 6 rings (SSSR count). The molecule has 3 aromatic carbocycles. The van der Waals surface area contributed by atoms with Crippen LogP contribution in [0.4, 0.5) is 0 Å². The van der Waals surface area contributed by atoms with Gasteiger partial charge in [0.1, 0.15) is 0 Å². The van der Waals surface area contributed by atoms with Crippen LogP contribution in [0.5, 0.6) is 0 Å². The number of nitrogens with zero attached hydrogens (tertiary/aromatic N) is 1. The van der Waals surface area contributed by atoms with Gasteiger partial charge in [-0.15, -0.1) is 11.3 Å². The summed E-state index contributed by atoms with van der Waals surface area (Å²) in [6.07, 6.45) is 5.29. The van der Waals surface area contributed by atoms with Crippen molar-refractivity contribution in [3.8, 4) is 11.3 Å². The van der Waals surface area contributed by atoms with Gasteiger partial charge in [-0.2, -0.15) is 0 Å². The van der Waals surface area contributed by atoms with Crippen molar-refractivity contribution in [1.82, 2.24) is 4.98 Å². The monoisotopic (exact) mass is 435 g/mol. The highest BCUT2D eigenvalue weighted by Gasteiger charge is 2.23. The molecule has 0 amide bonds. The molecule has 0 radical (unpaired) electrons. The molecule has 0 saturated heterocycles. The zero-order valence-electron chi connectivity index (χ0n) is 19.4. The van der Waals surface area contributed by atoms with E-state index in [1.807, 2.05) is 11.3 Å². The van der Waals surface area contributed by atoms with Crippen LogP contribution in [-0.2, 0) is 0 Å².